The minimum atomic E-state index is -0.274. The lowest BCUT2D eigenvalue weighted by molar-refractivity contribution is 0.301. The highest BCUT2D eigenvalue weighted by atomic mass is 127. The van der Waals surface area contributed by atoms with Crippen LogP contribution in [-0.4, -0.2) is 0 Å². The molecule has 4 aromatic carbocycles. The van der Waals surface area contributed by atoms with Gasteiger partial charge >= 0.3 is 0 Å². The van der Waals surface area contributed by atoms with E-state index in [4.69, 9.17) is 4.74 Å². The predicted molar refractivity (Wildman–Crippen MR) is 140 cm³/mol. The Kier molecular flexibility index (Phi) is 6.88. The molecule has 31 heavy (non-hydrogen) atoms. The van der Waals surface area contributed by atoms with Crippen molar-refractivity contribution < 1.29 is 9.13 Å². The Balaban J connectivity index is 1.61. The zero-order chi connectivity index (χ0) is 21.8. The Morgan fingerprint density at radius 2 is 1.65 bits per heavy atom. The summed E-state index contributed by atoms with van der Waals surface area (Å²) in [6.07, 6.45) is 1.89. The molecule has 0 heterocycles. The lowest BCUT2D eigenvalue weighted by atomic mass is 10.0. The van der Waals surface area contributed by atoms with Crippen LogP contribution in [0.5, 0.6) is 5.75 Å². The van der Waals surface area contributed by atoms with Crippen LogP contribution >= 0.6 is 45.2 Å². The van der Waals surface area contributed by atoms with Crippen LogP contribution in [0.25, 0.3) is 22.4 Å². The van der Waals surface area contributed by atoms with Gasteiger partial charge in [0.15, 0.2) is 0 Å². The van der Waals surface area contributed by atoms with E-state index < -0.39 is 0 Å². The Labute approximate surface area is 207 Å². The van der Waals surface area contributed by atoms with Crippen LogP contribution in [0.15, 0.2) is 78.9 Å². The second-order valence-electron chi connectivity index (χ2n) is 6.96. The zero-order valence-corrected chi connectivity index (χ0v) is 20.6. The lowest BCUT2D eigenvalue weighted by Gasteiger charge is -2.12. The second kappa shape index (κ2) is 9.79. The van der Waals surface area contributed by atoms with Gasteiger partial charge in [-0.3, -0.25) is 0 Å². The number of nitrogens with zero attached hydrogens (tertiary/aromatic N) is 1. The quantitative estimate of drug-likeness (QED) is 0.128. The third kappa shape index (κ3) is 5.25. The summed E-state index contributed by atoms with van der Waals surface area (Å²) < 4.78 is 21.2. The topological polar surface area (TPSA) is 33.0 Å². The van der Waals surface area contributed by atoms with E-state index >= 15 is 0 Å². The normalized spacial score (nSPS) is 11.4. The molecule has 0 N–H and O–H groups in total. The largest absolute Gasteiger partial charge is 0.487 e. The molecule has 0 radical (unpaired) electrons. The van der Waals surface area contributed by atoms with Crippen LogP contribution in [0.1, 0.15) is 16.7 Å². The minimum absolute atomic E-state index is 0.274. The monoisotopic (exact) mass is 631 g/mol. The van der Waals surface area contributed by atoms with Crippen molar-refractivity contribution >= 4 is 67.6 Å². The third-order valence-electron chi connectivity index (χ3n) is 4.78. The first-order valence-electron chi connectivity index (χ1n) is 9.51. The van der Waals surface area contributed by atoms with Crippen LogP contribution in [0, 0.1) is 24.3 Å². The first kappa shape index (κ1) is 21.8. The molecule has 0 saturated heterocycles. The van der Waals surface area contributed by atoms with E-state index in [-0.39, 0.29) is 5.82 Å². The van der Waals surface area contributed by atoms with Crippen molar-refractivity contribution in [2.75, 3.05) is 0 Å². The molecule has 0 bridgehead atoms. The third-order valence-corrected chi connectivity index (χ3v) is 6.39. The van der Waals surface area contributed by atoms with Crippen molar-refractivity contribution in [2.24, 2.45) is 0 Å². The number of allylic oxidation sites excluding steroid dienone is 1. The molecule has 0 fully saturated rings. The van der Waals surface area contributed by atoms with Crippen molar-refractivity contribution in [1.82, 2.24) is 0 Å². The number of fused-ring (bicyclic) bond motifs is 1. The van der Waals surface area contributed by atoms with E-state index in [0.717, 1.165) is 40.4 Å². The average Bonchev–Trinajstić information content (AvgIpc) is 2.76. The maximum Gasteiger partial charge on any atom is 0.146 e. The summed E-state index contributed by atoms with van der Waals surface area (Å²) >= 11 is 4.46. The van der Waals surface area contributed by atoms with E-state index in [9.17, 15) is 9.65 Å². The second-order valence-corrected chi connectivity index (χ2v) is 9.29. The molecular weight excluding hydrogens is 615 g/mol. The van der Waals surface area contributed by atoms with Gasteiger partial charge in [0.1, 0.15) is 18.2 Å². The van der Waals surface area contributed by atoms with Gasteiger partial charge in [-0.05, 0) is 109 Å². The highest BCUT2D eigenvalue weighted by molar-refractivity contribution is 14.1. The maximum atomic E-state index is 13.4. The highest BCUT2D eigenvalue weighted by Crippen LogP contribution is 2.31. The highest BCUT2D eigenvalue weighted by Gasteiger charge is 2.10. The van der Waals surface area contributed by atoms with Gasteiger partial charge in [0.2, 0.25) is 0 Å². The van der Waals surface area contributed by atoms with Crippen LogP contribution in [0.3, 0.4) is 0 Å². The van der Waals surface area contributed by atoms with Gasteiger partial charge in [0.25, 0.3) is 0 Å². The Hall–Kier alpha value is -2.44. The van der Waals surface area contributed by atoms with Gasteiger partial charge in [-0.15, -0.1) is 0 Å². The number of benzene rings is 4. The summed E-state index contributed by atoms with van der Waals surface area (Å²) in [6, 6.07) is 26.9. The molecule has 0 aliphatic heterocycles. The molecule has 0 spiro atoms. The molecule has 0 saturated carbocycles. The molecule has 152 valence electrons. The standard InChI is InChI=1S/C26H16FI2NO/c27-23-7-3-4-17(11-23)16-31-26-24(28)12-18(13-25(26)29)10-22(15-30)21-9-8-19-5-1-2-6-20(19)14-21/h1-14H,16H2/b22-10-. The van der Waals surface area contributed by atoms with Crippen molar-refractivity contribution in [3.63, 3.8) is 0 Å². The van der Waals surface area contributed by atoms with Crippen LogP contribution < -0.4 is 4.74 Å². The zero-order valence-electron chi connectivity index (χ0n) is 16.3. The summed E-state index contributed by atoms with van der Waals surface area (Å²) in [6.45, 7) is 0.291. The van der Waals surface area contributed by atoms with Gasteiger partial charge in [0, 0.05) is 0 Å². The van der Waals surface area contributed by atoms with Crippen molar-refractivity contribution in [1.29, 1.82) is 5.26 Å². The summed E-state index contributed by atoms with van der Waals surface area (Å²) in [4.78, 5) is 0. The number of rotatable bonds is 5. The molecule has 5 heteroatoms. The summed E-state index contributed by atoms with van der Waals surface area (Å²) in [5.41, 5.74) is 3.19. The number of hydrogen-bond acceptors (Lipinski definition) is 2. The Morgan fingerprint density at radius 3 is 2.35 bits per heavy atom. The lowest BCUT2D eigenvalue weighted by Crippen LogP contribution is -2.00. The van der Waals surface area contributed by atoms with Crippen LogP contribution in [-0.2, 0) is 6.61 Å². The van der Waals surface area contributed by atoms with Gasteiger partial charge < -0.3 is 4.74 Å². The fraction of sp³-hybridized carbons (Fsp3) is 0.0385. The van der Waals surface area contributed by atoms with Crippen molar-refractivity contribution in [2.45, 2.75) is 6.61 Å². The smallest absolute Gasteiger partial charge is 0.146 e. The molecule has 0 aromatic heterocycles. The molecule has 4 aromatic rings. The molecule has 0 atom stereocenters. The molecule has 0 aliphatic carbocycles. The average molecular weight is 631 g/mol. The first-order chi connectivity index (χ1) is 15.0. The van der Waals surface area contributed by atoms with Crippen LogP contribution in [0.2, 0.25) is 0 Å². The molecule has 0 amide bonds. The fourth-order valence-corrected chi connectivity index (χ4v) is 5.41. The first-order valence-corrected chi connectivity index (χ1v) is 11.7. The van der Waals surface area contributed by atoms with Gasteiger partial charge in [-0.25, -0.2) is 4.39 Å². The van der Waals surface area contributed by atoms with Crippen molar-refractivity contribution in [3.8, 4) is 11.8 Å². The predicted octanol–water partition coefficient (Wildman–Crippen LogP) is 7.83. The fourth-order valence-electron chi connectivity index (χ4n) is 3.29. The Morgan fingerprint density at radius 1 is 0.903 bits per heavy atom. The van der Waals surface area contributed by atoms with E-state index in [1.807, 2.05) is 60.7 Å². The van der Waals surface area contributed by atoms with E-state index in [1.54, 1.807) is 6.07 Å². The maximum absolute atomic E-state index is 13.4. The molecule has 0 unspecified atom stereocenters. The minimum Gasteiger partial charge on any atom is -0.487 e. The number of hydrogen-bond donors (Lipinski definition) is 0. The SMILES string of the molecule is N#C/C(=C/c1cc(I)c(OCc2cccc(F)c2)c(I)c1)c1ccc2ccccc2c1. The molecule has 0 aliphatic rings. The summed E-state index contributed by atoms with van der Waals surface area (Å²) in [7, 11) is 0. The number of ether oxygens (including phenoxy) is 1. The molecule has 4 rings (SSSR count). The van der Waals surface area contributed by atoms with E-state index in [2.05, 4.69) is 57.3 Å². The van der Waals surface area contributed by atoms with Crippen molar-refractivity contribution in [3.05, 3.63) is 109 Å². The van der Waals surface area contributed by atoms with Crippen LogP contribution in [0.4, 0.5) is 4.39 Å². The van der Waals surface area contributed by atoms with Gasteiger partial charge in [0.05, 0.1) is 18.8 Å². The molecule has 2 nitrogen and oxygen atoms in total. The number of halogens is 3. The summed E-state index contributed by atoms with van der Waals surface area (Å²) in [5, 5.41) is 12.0. The van der Waals surface area contributed by atoms with E-state index in [1.165, 1.54) is 12.1 Å². The van der Waals surface area contributed by atoms with Gasteiger partial charge in [-0.1, -0.05) is 48.5 Å². The van der Waals surface area contributed by atoms with E-state index in [0.29, 0.717) is 12.2 Å². The Bertz CT molecular complexity index is 1320. The number of nitriles is 1. The molecular formula is C26H16FI2NO. The summed E-state index contributed by atoms with van der Waals surface area (Å²) in [5.74, 6) is 0.482. The van der Waals surface area contributed by atoms with Gasteiger partial charge in [-0.2, -0.15) is 5.26 Å².